The average molecular weight is 538 g/mol. The molecule has 0 aromatic heterocycles. The fourth-order valence-electron chi connectivity index (χ4n) is 9.92. The highest BCUT2D eigenvalue weighted by atomic mass is 16.6. The molecular weight excluding hydrogens is 498 g/mol. The Labute approximate surface area is 237 Å². The fourth-order valence-corrected chi connectivity index (χ4v) is 9.92. The van der Waals surface area contributed by atoms with E-state index in [1.54, 1.807) is 7.11 Å². The Morgan fingerprint density at radius 2 is 1.73 bits per heavy atom. The van der Waals surface area contributed by atoms with Crippen molar-refractivity contribution in [2.45, 2.75) is 61.9 Å². The highest BCUT2D eigenvalue weighted by Gasteiger charge is 2.80. The summed E-state index contributed by atoms with van der Waals surface area (Å²) in [6, 6.07) is 24.2. The summed E-state index contributed by atoms with van der Waals surface area (Å²) < 4.78 is 26.1. The lowest BCUT2D eigenvalue weighted by Crippen LogP contribution is -2.81. The first-order valence-corrected chi connectivity index (χ1v) is 14.9. The summed E-state index contributed by atoms with van der Waals surface area (Å²) >= 11 is 0. The molecule has 2 heterocycles. The van der Waals surface area contributed by atoms with Crippen molar-refractivity contribution in [3.8, 4) is 22.6 Å². The molecule has 0 radical (unpaired) electrons. The van der Waals surface area contributed by atoms with Gasteiger partial charge >= 0.3 is 0 Å². The molecule has 6 aliphatic rings. The smallest absolute Gasteiger partial charge is 0.165 e. The molecule has 4 fully saturated rings. The van der Waals surface area contributed by atoms with Gasteiger partial charge in [-0.3, -0.25) is 0 Å². The molecule has 1 unspecified atom stereocenters. The number of likely N-dealkylation sites (N-methyl/N-ethyl adjacent to an activating group) is 1. The normalized spacial score (nSPS) is 34.8. The molecule has 1 saturated heterocycles. The summed E-state index contributed by atoms with van der Waals surface area (Å²) in [7, 11) is 6.01. The van der Waals surface area contributed by atoms with E-state index in [0.717, 1.165) is 43.7 Å². The quantitative estimate of drug-likeness (QED) is 0.369. The Morgan fingerprint density at radius 3 is 2.50 bits per heavy atom. The van der Waals surface area contributed by atoms with Crippen LogP contribution in [0.15, 0.2) is 66.7 Å². The lowest BCUT2D eigenvalue weighted by Gasteiger charge is -2.73. The molecular formula is C35H39NO4. The third kappa shape index (κ3) is 3.04. The van der Waals surface area contributed by atoms with Crippen LogP contribution in [0.2, 0.25) is 0 Å². The van der Waals surface area contributed by atoms with E-state index < -0.39 is 0 Å². The van der Waals surface area contributed by atoms with Gasteiger partial charge in [-0.05, 0) is 74.0 Å². The minimum atomic E-state index is -0.363. The Morgan fingerprint density at radius 1 is 0.925 bits per heavy atom. The van der Waals surface area contributed by atoms with Gasteiger partial charge in [0.1, 0.15) is 11.7 Å². The van der Waals surface area contributed by atoms with Crippen LogP contribution in [-0.2, 0) is 27.9 Å². The van der Waals surface area contributed by atoms with Gasteiger partial charge in [0.05, 0.1) is 20.3 Å². The number of hydrogen-bond acceptors (Lipinski definition) is 5. The molecule has 4 aliphatic carbocycles. The first-order chi connectivity index (χ1) is 19.6. The number of hydrogen-bond donors (Lipinski definition) is 0. The number of likely N-dealkylation sites (tertiary alicyclic amines) is 1. The summed E-state index contributed by atoms with van der Waals surface area (Å²) in [5.41, 5.74) is 6.36. The van der Waals surface area contributed by atoms with Gasteiger partial charge in [0.2, 0.25) is 0 Å². The monoisotopic (exact) mass is 537 g/mol. The summed E-state index contributed by atoms with van der Waals surface area (Å²) in [4.78, 5) is 2.64. The highest BCUT2D eigenvalue weighted by molar-refractivity contribution is 5.64. The van der Waals surface area contributed by atoms with Crippen LogP contribution < -0.4 is 9.47 Å². The number of fused-ring (bicyclic) bond motifs is 2. The van der Waals surface area contributed by atoms with Crippen molar-refractivity contribution in [3.63, 3.8) is 0 Å². The van der Waals surface area contributed by atoms with E-state index in [9.17, 15) is 0 Å². The molecule has 6 atom stereocenters. The first-order valence-electron chi connectivity index (χ1n) is 14.9. The Balaban J connectivity index is 1.10. The van der Waals surface area contributed by atoms with Crippen molar-refractivity contribution in [1.82, 2.24) is 4.90 Å². The number of ether oxygens (including phenoxy) is 4. The van der Waals surface area contributed by atoms with Crippen LogP contribution in [-0.4, -0.2) is 57.1 Å². The molecule has 9 rings (SSSR count). The van der Waals surface area contributed by atoms with Gasteiger partial charge in [0.25, 0.3) is 0 Å². The molecule has 40 heavy (non-hydrogen) atoms. The number of nitrogens with zero attached hydrogens (tertiary/aromatic N) is 1. The van der Waals surface area contributed by atoms with E-state index in [-0.39, 0.29) is 28.5 Å². The second-order valence-electron chi connectivity index (χ2n) is 12.8. The maximum atomic E-state index is 7.08. The topological polar surface area (TPSA) is 40.2 Å². The molecule has 3 aromatic carbocycles. The first kappa shape index (κ1) is 24.9. The third-order valence-electron chi connectivity index (χ3n) is 11.6. The minimum absolute atomic E-state index is 0.00666. The second kappa shape index (κ2) is 8.82. The van der Waals surface area contributed by atoms with Crippen molar-refractivity contribution < 1.29 is 18.9 Å². The SMILES string of the molecule is COc1ccc2c3c1O[C@H]1[C@@]4(OC)CCC5(C[C@@H]4COCc4ccc(-c6ccccc6)cc4)[C@@H](C2)N(C)CC[C@]315. The zero-order chi connectivity index (χ0) is 27.1. The van der Waals surface area contributed by atoms with Crippen LogP contribution in [0.3, 0.4) is 0 Å². The zero-order valence-electron chi connectivity index (χ0n) is 23.8. The fraction of sp³-hybridized carbons (Fsp3) is 0.486. The maximum absolute atomic E-state index is 7.08. The van der Waals surface area contributed by atoms with Crippen LogP contribution in [0.5, 0.6) is 11.5 Å². The van der Waals surface area contributed by atoms with E-state index in [1.807, 2.05) is 7.11 Å². The third-order valence-corrected chi connectivity index (χ3v) is 11.6. The summed E-state index contributed by atoms with van der Waals surface area (Å²) in [5, 5.41) is 0. The zero-order valence-corrected chi connectivity index (χ0v) is 23.8. The predicted octanol–water partition coefficient (Wildman–Crippen LogP) is 6.02. The van der Waals surface area contributed by atoms with Crippen molar-refractivity contribution in [1.29, 1.82) is 0 Å². The van der Waals surface area contributed by atoms with Crippen LogP contribution in [0.25, 0.3) is 11.1 Å². The van der Waals surface area contributed by atoms with Gasteiger partial charge in [0, 0.05) is 35.5 Å². The largest absolute Gasteiger partial charge is 0.493 e. The predicted molar refractivity (Wildman–Crippen MR) is 155 cm³/mol. The van der Waals surface area contributed by atoms with E-state index >= 15 is 0 Å². The summed E-state index contributed by atoms with van der Waals surface area (Å²) in [6.07, 6.45) is 5.52. The Bertz CT molecular complexity index is 1440. The number of rotatable bonds is 7. The van der Waals surface area contributed by atoms with E-state index in [2.05, 4.69) is 78.7 Å². The molecule has 3 saturated carbocycles. The molecule has 5 nitrogen and oxygen atoms in total. The van der Waals surface area contributed by atoms with Crippen LogP contribution in [0.4, 0.5) is 0 Å². The van der Waals surface area contributed by atoms with Crippen molar-refractivity contribution in [3.05, 3.63) is 83.4 Å². The number of piperidine rings is 1. The lowest BCUT2D eigenvalue weighted by molar-refractivity contribution is -0.282. The number of benzene rings is 3. The minimum Gasteiger partial charge on any atom is -0.493 e. The maximum Gasteiger partial charge on any atom is 0.165 e. The molecule has 2 aliphatic heterocycles. The Kier molecular flexibility index (Phi) is 5.49. The highest BCUT2D eigenvalue weighted by Crippen LogP contribution is 2.76. The van der Waals surface area contributed by atoms with Crippen molar-refractivity contribution in [2.24, 2.45) is 11.3 Å². The number of methoxy groups -OCH3 is 2. The molecule has 2 spiro atoms. The molecule has 0 N–H and O–H groups in total. The molecule has 208 valence electrons. The lowest BCUT2D eigenvalue weighted by atomic mass is 9.35. The Hall–Kier alpha value is -2.86. The van der Waals surface area contributed by atoms with Crippen LogP contribution in [0, 0.1) is 11.3 Å². The van der Waals surface area contributed by atoms with Gasteiger partial charge in [-0.25, -0.2) is 0 Å². The van der Waals surface area contributed by atoms with Gasteiger partial charge in [-0.1, -0.05) is 60.7 Å². The molecule has 4 bridgehead atoms. The molecule has 0 amide bonds. The van der Waals surface area contributed by atoms with E-state index in [4.69, 9.17) is 18.9 Å². The van der Waals surface area contributed by atoms with Crippen LogP contribution >= 0.6 is 0 Å². The van der Waals surface area contributed by atoms with Crippen molar-refractivity contribution >= 4 is 0 Å². The average Bonchev–Trinajstić information content (AvgIpc) is 3.37. The van der Waals surface area contributed by atoms with Crippen LogP contribution in [0.1, 0.15) is 42.4 Å². The van der Waals surface area contributed by atoms with Crippen molar-refractivity contribution in [2.75, 3.05) is 34.4 Å². The van der Waals surface area contributed by atoms with Gasteiger partial charge < -0.3 is 23.8 Å². The van der Waals surface area contributed by atoms with Gasteiger partial charge in [-0.2, -0.15) is 0 Å². The van der Waals surface area contributed by atoms with Gasteiger partial charge in [-0.15, -0.1) is 0 Å². The molecule has 3 aromatic rings. The standard InChI is InChI=1S/C35H39NO4/c1-36-18-17-34-30-26-13-14-28(37-2)31(30)40-32(34)35(38-3)16-15-33(34,29(36)19-26)20-27(35)22-39-21-23-9-11-25(12-10-23)24-7-5-4-6-8-24/h4-14,27,29,32H,15-22H2,1-3H3/t27-,29-,32-,33?,34+,35-/m1/s1. The van der Waals surface area contributed by atoms with E-state index in [0.29, 0.717) is 19.3 Å². The van der Waals surface area contributed by atoms with E-state index in [1.165, 1.54) is 34.2 Å². The van der Waals surface area contributed by atoms with Gasteiger partial charge in [0.15, 0.2) is 11.5 Å². The molecule has 5 heteroatoms. The second-order valence-corrected chi connectivity index (χ2v) is 12.8. The summed E-state index contributed by atoms with van der Waals surface area (Å²) in [6.45, 7) is 2.39. The summed E-state index contributed by atoms with van der Waals surface area (Å²) in [5.74, 6) is 2.14.